The molecule has 0 bridgehead atoms. The summed E-state index contributed by atoms with van der Waals surface area (Å²) in [5, 5.41) is 4.25. The fraction of sp³-hybridized carbons (Fsp3) is 0.200. The summed E-state index contributed by atoms with van der Waals surface area (Å²) in [6.45, 7) is 2.95. The molecule has 0 aliphatic heterocycles. The van der Waals surface area contributed by atoms with Crippen molar-refractivity contribution >= 4 is 43.4 Å². The van der Waals surface area contributed by atoms with Gasteiger partial charge in [0.25, 0.3) is 10.4 Å². The van der Waals surface area contributed by atoms with Gasteiger partial charge in [0.2, 0.25) is 5.52 Å². The van der Waals surface area contributed by atoms with E-state index in [0.717, 1.165) is 62.3 Å². The number of ether oxygens (including phenoxy) is 4. The maximum atomic E-state index is 9.66. The molecule has 5 rings (SSSR count). The van der Waals surface area contributed by atoms with E-state index in [9.17, 15) is 17.8 Å². The van der Waals surface area contributed by atoms with Crippen LogP contribution in [0.3, 0.4) is 0 Å². The molecule has 41 heavy (non-hydrogen) atoms. The van der Waals surface area contributed by atoms with Gasteiger partial charge in [-0.05, 0) is 29.1 Å². The van der Waals surface area contributed by atoms with Crippen molar-refractivity contribution in [2.75, 3.05) is 28.4 Å². The first-order valence-corrected chi connectivity index (χ1v) is 13.7. The molecule has 0 unspecified atom stereocenters. The van der Waals surface area contributed by atoms with E-state index in [-0.39, 0.29) is 0 Å². The number of carbonyl (C=O) groups is 1. The van der Waals surface area contributed by atoms with Crippen LogP contribution < -0.4 is 23.3 Å². The van der Waals surface area contributed by atoms with Crippen LogP contribution in [-0.2, 0) is 19.4 Å². The third kappa shape index (κ3) is 5.96. The van der Waals surface area contributed by atoms with E-state index in [2.05, 4.69) is 52.0 Å². The van der Waals surface area contributed by atoms with Gasteiger partial charge in [0, 0.05) is 36.9 Å². The number of carbonyl (C=O) groups excluding carboxylic acids is 1. The molecule has 0 spiro atoms. The summed E-state index contributed by atoms with van der Waals surface area (Å²) >= 11 is 0. The largest absolute Gasteiger partial charge is 0.716 e. The number of nitrogens with zero attached hydrogens (tertiary/aromatic N) is 1. The monoisotopic (exact) mass is 579 g/mol. The summed E-state index contributed by atoms with van der Waals surface area (Å²) in [6, 6.07) is 20.7. The standard InChI is InChI=1S/C28H26NO4.C2H4O5S/c1-17-21-16-26(31-3)25(30-2)14-19(21)13-24-23-15-22(18-9-7-6-8-10-18)28(33-5)27(32-4)20(23)11-12-29(17)24;1-2(3)7-8(4,5)6/h6-16H,1-5H3;1H3,(H,4,5,6)/q+1;/p-1. The minimum absolute atomic E-state index is 0.707. The molecule has 214 valence electrons. The Kier molecular flexibility index (Phi) is 8.50. The first-order valence-electron chi connectivity index (χ1n) is 12.3. The zero-order chi connectivity index (χ0) is 29.9. The topological polar surface area (TPSA) is 125 Å². The van der Waals surface area contributed by atoms with E-state index in [1.807, 2.05) is 30.3 Å². The molecule has 0 atom stereocenters. The number of benzene rings is 3. The highest BCUT2D eigenvalue weighted by Gasteiger charge is 2.23. The third-order valence-electron chi connectivity index (χ3n) is 6.51. The molecule has 0 saturated heterocycles. The average molecular weight is 580 g/mol. The average Bonchev–Trinajstić information content (AvgIpc) is 2.94. The van der Waals surface area contributed by atoms with Crippen molar-refractivity contribution in [3.63, 3.8) is 0 Å². The molecule has 2 heterocycles. The first-order chi connectivity index (χ1) is 19.5. The van der Waals surface area contributed by atoms with Crippen LogP contribution in [0.5, 0.6) is 23.0 Å². The van der Waals surface area contributed by atoms with E-state index >= 15 is 0 Å². The number of pyridine rings is 2. The van der Waals surface area contributed by atoms with Gasteiger partial charge in [-0.25, -0.2) is 8.42 Å². The molecule has 5 aromatic rings. The Morgan fingerprint density at radius 3 is 1.95 bits per heavy atom. The lowest BCUT2D eigenvalue weighted by Crippen LogP contribution is -2.25. The van der Waals surface area contributed by atoms with Crippen LogP contribution in [0, 0.1) is 6.92 Å². The minimum Gasteiger partial charge on any atom is -0.716 e. The highest BCUT2D eigenvalue weighted by molar-refractivity contribution is 7.81. The first kappa shape index (κ1) is 29.4. The fourth-order valence-electron chi connectivity index (χ4n) is 4.82. The Bertz CT molecular complexity index is 1870. The van der Waals surface area contributed by atoms with Gasteiger partial charge in [-0.15, -0.1) is 0 Å². The SMILES string of the molecule is CC(=O)OS(=O)(=O)[O-].COc1cc2cc3c4cc(-c5ccccc5)c(OC)c(OC)c4cc[n+]3c(C)c2cc1OC. The molecule has 0 amide bonds. The molecule has 0 saturated carbocycles. The Labute approximate surface area is 237 Å². The summed E-state index contributed by atoms with van der Waals surface area (Å²) in [6.07, 6.45) is 2.08. The van der Waals surface area contributed by atoms with Crippen LogP contribution in [0.25, 0.3) is 38.2 Å². The van der Waals surface area contributed by atoms with Crippen LogP contribution in [0.2, 0.25) is 0 Å². The van der Waals surface area contributed by atoms with Gasteiger partial charge in [0.1, 0.15) is 0 Å². The fourth-order valence-corrected chi connectivity index (χ4v) is 5.10. The summed E-state index contributed by atoms with van der Waals surface area (Å²) in [5.74, 6) is 1.75. The van der Waals surface area contributed by atoms with Crippen LogP contribution in [0.15, 0.2) is 66.9 Å². The zero-order valence-corrected chi connectivity index (χ0v) is 24.2. The zero-order valence-electron chi connectivity index (χ0n) is 23.4. The van der Waals surface area contributed by atoms with Crippen molar-refractivity contribution in [1.29, 1.82) is 0 Å². The highest BCUT2D eigenvalue weighted by Crippen LogP contribution is 2.44. The van der Waals surface area contributed by atoms with E-state index in [1.54, 1.807) is 28.4 Å². The number of aryl methyl sites for hydroxylation is 1. The van der Waals surface area contributed by atoms with Crippen LogP contribution in [0.4, 0.5) is 0 Å². The van der Waals surface area contributed by atoms with E-state index < -0.39 is 16.4 Å². The maximum Gasteiger partial charge on any atom is 0.318 e. The molecule has 0 aliphatic carbocycles. The Morgan fingerprint density at radius 2 is 1.41 bits per heavy atom. The number of rotatable bonds is 6. The van der Waals surface area contributed by atoms with E-state index in [4.69, 9.17) is 18.9 Å². The summed E-state index contributed by atoms with van der Waals surface area (Å²) in [7, 11) is 1.86. The molecule has 2 aromatic heterocycles. The van der Waals surface area contributed by atoms with Gasteiger partial charge in [-0.1, -0.05) is 30.3 Å². The van der Waals surface area contributed by atoms with Crippen molar-refractivity contribution in [2.45, 2.75) is 13.8 Å². The van der Waals surface area contributed by atoms with Gasteiger partial charge in [-0.2, -0.15) is 4.40 Å². The van der Waals surface area contributed by atoms with Gasteiger partial charge in [0.05, 0.1) is 39.2 Å². The molecule has 10 nitrogen and oxygen atoms in total. The van der Waals surface area contributed by atoms with E-state index in [1.165, 1.54) is 0 Å². The second-order valence-corrected chi connectivity index (χ2v) is 9.88. The minimum atomic E-state index is -4.82. The molecular weight excluding hydrogens is 550 g/mol. The van der Waals surface area contributed by atoms with Gasteiger partial charge in [0.15, 0.2) is 34.9 Å². The summed E-state index contributed by atoms with van der Waals surface area (Å²) < 4.78 is 56.6. The summed E-state index contributed by atoms with van der Waals surface area (Å²) in [5.41, 5.74) is 4.24. The molecule has 0 aliphatic rings. The number of hydrogen-bond acceptors (Lipinski definition) is 9. The molecule has 3 aromatic carbocycles. The number of aromatic nitrogens is 1. The lowest BCUT2D eigenvalue weighted by molar-refractivity contribution is -0.516. The summed E-state index contributed by atoms with van der Waals surface area (Å²) in [4.78, 5) is 9.66. The van der Waals surface area contributed by atoms with Gasteiger partial charge < -0.3 is 27.7 Å². The number of fused-ring (bicyclic) bond motifs is 4. The lowest BCUT2D eigenvalue weighted by Gasteiger charge is -2.16. The van der Waals surface area contributed by atoms with Crippen molar-refractivity contribution in [2.24, 2.45) is 0 Å². The Morgan fingerprint density at radius 1 is 0.780 bits per heavy atom. The lowest BCUT2D eigenvalue weighted by atomic mass is 9.97. The van der Waals surface area contributed by atoms with Crippen LogP contribution >= 0.6 is 0 Å². The molecule has 0 radical (unpaired) electrons. The number of hydrogen-bond donors (Lipinski definition) is 0. The van der Waals surface area contributed by atoms with Crippen molar-refractivity contribution < 1.29 is 45.3 Å². The maximum absolute atomic E-state index is 9.66. The molecule has 0 fully saturated rings. The highest BCUT2D eigenvalue weighted by atomic mass is 32.3. The van der Waals surface area contributed by atoms with Crippen molar-refractivity contribution in [3.8, 4) is 34.1 Å². The normalized spacial score (nSPS) is 11.1. The Balaban J connectivity index is 0.000000426. The quantitative estimate of drug-likeness (QED) is 0.0921. The molecule has 11 heteroatoms. The van der Waals surface area contributed by atoms with Crippen molar-refractivity contribution in [1.82, 2.24) is 0 Å². The van der Waals surface area contributed by atoms with Crippen molar-refractivity contribution in [3.05, 3.63) is 72.6 Å². The molecular formula is C30H29NO9S. The third-order valence-corrected chi connectivity index (χ3v) is 6.95. The second kappa shape index (κ2) is 11.9. The van der Waals surface area contributed by atoms with Crippen LogP contribution in [-0.4, -0.2) is 47.4 Å². The predicted octanol–water partition coefficient (Wildman–Crippen LogP) is 4.75. The second-order valence-electron chi connectivity index (χ2n) is 8.90. The molecule has 0 N–H and O–H groups in total. The number of methoxy groups -OCH3 is 4. The smallest absolute Gasteiger partial charge is 0.318 e. The van der Waals surface area contributed by atoms with Gasteiger partial charge >= 0.3 is 5.97 Å². The van der Waals surface area contributed by atoms with Gasteiger partial charge in [-0.3, -0.25) is 4.79 Å². The Hall–Kier alpha value is -4.61. The van der Waals surface area contributed by atoms with Crippen LogP contribution in [0.1, 0.15) is 12.6 Å². The van der Waals surface area contributed by atoms with E-state index in [0.29, 0.717) is 11.5 Å². The predicted molar refractivity (Wildman–Crippen MR) is 152 cm³/mol.